The van der Waals surface area contributed by atoms with Crippen LogP contribution < -0.4 is 9.47 Å². The van der Waals surface area contributed by atoms with Crippen molar-refractivity contribution in [3.05, 3.63) is 24.3 Å². The minimum absolute atomic E-state index is 0.0755. The normalized spacial score (nSPS) is 24.3. The third kappa shape index (κ3) is 3.94. The van der Waals surface area contributed by atoms with E-state index < -0.39 is 12.0 Å². The summed E-state index contributed by atoms with van der Waals surface area (Å²) in [7, 11) is 0. The van der Waals surface area contributed by atoms with Crippen molar-refractivity contribution < 1.29 is 24.2 Å². The molecule has 0 spiro atoms. The molecule has 1 aromatic rings. The molecule has 1 aromatic carbocycles. The van der Waals surface area contributed by atoms with E-state index in [-0.39, 0.29) is 11.8 Å². The number of carboxylic acid groups (broad SMARTS) is 1. The first-order valence-electron chi connectivity index (χ1n) is 9.48. The highest BCUT2D eigenvalue weighted by Gasteiger charge is 2.49. The van der Waals surface area contributed by atoms with Gasteiger partial charge in [-0.25, -0.2) is 4.79 Å². The molecule has 1 aliphatic heterocycles. The monoisotopic (exact) mass is 361 g/mol. The summed E-state index contributed by atoms with van der Waals surface area (Å²) >= 11 is 0. The maximum atomic E-state index is 12.6. The van der Waals surface area contributed by atoms with Crippen LogP contribution >= 0.6 is 0 Å². The fourth-order valence-electron chi connectivity index (χ4n) is 4.27. The number of carbonyl (C=O) groups excluding carboxylic acids is 1. The fraction of sp³-hybridized carbons (Fsp3) is 0.600. The highest BCUT2D eigenvalue weighted by molar-refractivity contribution is 5.84. The molecule has 1 saturated heterocycles. The van der Waals surface area contributed by atoms with Gasteiger partial charge in [0.15, 0.2) is 11.5 Å². The van der Waals surface area contributed by atoms with Crippen LogP contribution in [0.15, 0.2) is 24.3 Å². The summed E-state index contributed by atoms with van der Waals surface area (Å²) < 4.78 is 11.3. The number of hydrogen-bond acceptors (Lipinski definition) is 4. The third-order valence-corrected chi connectivity index (χ3v) is 5.41. The summed E-state index contributed by atoms with van der Waals surface area (Å²) in [5.41, 5.74) is 0. The number of amides is 1. The Balaban J connectivity index is 1.49. The van der Waals surface area contributed by atoms with Gasteiger partial charge in [0.2, 0.25) is 5.91 Å². The molecule has 0 aromatic heterocycles. The van der Waals surface area contributed by atoms with E-state index in [4.69, 9.17) is 9.47 Å². The van der Waals surface area contributed by atoms with E-state index in [1.807, 2.05) is 31.2 Å². The molecular weight excluding hydrogens is 334 g/mol. The smallest absolute Gasteiger partial charge is 0.326 e. The lowest BCUT2D eigenvalue weighted by Crippen LogP contribution is -2.43. The number of hydrogen-bond donors (Lipinski definition) is 1. The van der Waals surface area contributed by atoms with Crippen LogP contribution in [-0.4, -0.2) is 47.7 Å². The number of rotatable bonds is 8. The minimum Gasteiger partial charge on any atom is -0.490 e. The summed E-state index contributed by atoms with van der Waals surface area (Å²) in [6.07, 6.45) is 3.89. The Kier molecular flexibility index (Phi) is 6.01. The molecule has 1 N–H and O–H groups in total. The van der Waals surface area contributed by atoms with Crippen LogP contribution in [0.4, 0.5) is 0 Å². The Morgan fingerprint density at radius 2 is 1.92 bits per heavy atom. The van der Waals surface area contributed by atoms with Crippen LogP contribution in [0.25, 0.3) is 0 Å². The van der Waals surface area contributed by atoms with Crippen LogP contribution in [0.2, 0.25) is 0 Å². The lowest BCUT2D eigenvalue weighted by atomic mass is 9.94. The molecule has 2 fully saturated rings. The molecule has 142 valence electrons. The predicted molar refractivity (Wildman–Crippen MR) is 96.3 cm³/mol. The Bertz CT molecular complexity index is 647. The van der Waals surface area contributed by atoms with E-state index in [2.05, 4.69) is 0 Å². The van der Waals surface area contributed by atoms with E-state index in [0.717, 1.165) is 19.3 Å². The standard InChI is InChI=1S/C20H27NO5/c1-2-25-16-9-3-4-10-17(16)26-12-6-11-18(22)21-13-14-7-5-8-15(14)19(21)20(23)24/h3-4,9-10,14-15,19H,2,5-8,11-13H2,1H3,(H,23,24). The number of ether oxygens (including phenoxy) is 2. The fourth-order valence-corrected chi connectivity index (χ4v) is 4.27. The average molecular weight is 361 g/mol. The van der Waals surface area contributed by atoms with Crippen molar-refractivity contribution in [2.24, 2.45) is 11.8 Å². The second-order valence-electron chi connectivity index (χ2n) is 7.02. The van der Waals surface area contributed by atoms with Gasteiger partial charge < -0.3 is 19.5 Å². The minimum atomic E-state index is -0.866. The SMILES string of the molecule is CCOc1ccccc1OCCCC(=O)N1CC2CCCC2C1C(=O)O. The first kappa shape index (κ1) is 18.5. The third-order valence-electron chi connectivity index (χ3n) is 5.41. The molecule has 0 radical (unpaired) electrons. The van der Waals surface area contributed by atoms with E-state index in [1.54, 1.807) is 4.90 Å². The van der Waals surface area contributed by atoms with Gasteiger partial charge in [0.05, 0.1) is 13.2 Å². The Morgan fingerprint density at radius 3 is 2.62 bits per heavy atom. The maximum Gasteiger partial charge on any atom is 0.326 e. The number of carboxylic acids is 1. The predicted octanol–water partition coefficient (Wildman–Crippen LogP) is 2.96. The molecule has 3 rings (SSSR count). The summed E-state index contributed by atoms with van der Waals surface area (Å²) in [6, 6.07) is 6.81. The van der Waals surface area contributed by atoms with E-state index >= 15 is 0 Å². The van der Waals surface area contributed by atoms with Crippen LogP contribution in [0, 0.1) is 11.8 Å². The first-order chi connectivity index (χ1) is 12.6. The first-order valence-corrected chi connectivity index (χ1v) is 9.48. The van der Waals surface area contributed by atoms with Crippen molar-refractivity contribution in [1.82, 2.24) is 4.90 Å². The molecule has 1 amide bonds. The number of aliphatic carboxylic acids is 1. The quantitative estimate of drug-likeness (QED) is 0.721. The van der Waals surface area contributed by atoms with E-state index in [1.165, 1.54) is 0 Å². The molecule has 6 heteroatoms. The van der Waals surface area contributed by atoms with Crippen molar-refractivity contribution in [2.45, 2.75) is 45.1 Å². The number of para-hydroxylation sites is 2. The van der Waals surface area contributed by atoms with Gasteiger partial charge in [-0.2, -0.15) is 0 Å². The van der Waals surface area contributed by atoms with Crippen LogP contribution in [-0.2, 0) is 9.59 Å². The number of fused-ring (bicyclic) bond motifs is 1. The van der Waals surface area contributed by atoms with Crippen molar-refractivity contribution in [2.75, 3.05) is 19.8 Å². The summed E-state index contributed by atoms with van der Waals surface area (Å²) in [4.78, 5) is 25.8. The zero-order valence-corrected chi connectivity index (χ0v) is 15.2. The van der Waals surface area contributed by atoms with Gasteiger partial charge in [-0.3, -0.25) is 4.79 Å². The molecule has 1 aliphatic carbocycles. The van der Waals surface area contributed by atoms with Gasteiger partial charge in [-0.05, 0) is 50.2 Å². The van der Waals surface area contributed by atoms with Gasteiger partial charge >= 0.3 is 5.97 Å². The van der Waals surface area contributed by atoms with Crippen LogP contribution in [0.5, 0.6) is 11.5 Å². The molecule has 1 heterocycles. The molecule has 2 aliphatic rings. The van der Waals surface area contributed by atoms with Gasteiger partial charge in [-0.15, -0.1) is 0 Å². The number of carbonyl (C=O) groups is 2. The Labute approximate surface area is 154 Å². The topological polar surface area (TPSA) is 76.1 Å². The highest BCUT2D eigenvalue weighted by atomic mass is 16.5. The average Bonchev–Trinajstić information content (AvgIpc) is 3.20. The Morgan fingerprint density at radius 1 is 1.19 bits per heavy atom. The number of benzene rings is 1. The molecular formula is C20H27NO5. The van der Waals surface area contributed by atoms with Gasteiger partial charge in [0.25, 0.3) is 0 Å². The lowest BCUT2D eigenvalue weighted by Gasteiger charge is -2.24. The highest BCUT2D eigenvalue weighted by Crippen LogP contribution is 2.42. The molecule has 3 unspecified atom stereocenters. The zero-order chi connectivity index (χ0) is 18.5. The van der Waals surface area contributed by atoms with Crippen molar-refractivity contribution in [3.8, 4) is 11.5 Å². The molecule has 0 bridgehead atoms. The van der Waals surface area contributed by atoms with E-state index in [0.29, 0.717) is 50.0 Å². The molecule has 1 saturated carbocycles. The zero-order valence-electron chi connectivity index (χ0n) is 15.2. The molecule has 26 heavy (non-hydrogen) atoms. The van der Waals surface area contributed by atoms with Crippen molar-refractivity contribution in [3.63, 3.8) is 0 Å². The second-order valence-corrected chi connectivity index (χ2v) is 7.02. The number of nitrogens with zero attached hydrogens (tertiary/aromatic N) is 1. The van der Waals surface area contributed by atoms with Gasteiger partial charge in [0.1, 0.15) is 6.04 Å². The largest absolute Gasteiger partial charge is 0.490 e. The lowest BCUT2D eigenvalue weighted by molar-refractivity contribution is -0.149. The van der Waals surface area contributed by atoms with Gasteiger partial charge in [-0.1, -0.05) is 18.6 Å². The Hall–Kier alpha value is -2.24. The summed E-state index contributed by atoms with van der Waals surface area (Å²) in [6.45, 7) is 3.47. The molecule has 3 atom stereocenters. The van der Waals surface area contributed by atoms with Crippen molar-refractivity contribution >= 4 is 11.9 Å². The maximum absolute atomic E-state index is 12.6. The summed E-state index contributed by atoms with van der Waals surface area (Å²) in [5, 5.41) is 9.55. The van der Waals surface area contributed by atoms with Crippen LogP contribution in [0.3, 0.4) is 0 Å². The summed E-state index contributed by atoms with van der Waals surface area (Å²) in [5.74, 6) is 0.906. The second kappa shape index (κ2) is 8.43. The van der Waals surface area contributed by atoms with Gasteiger partial charge in [0, 0.05) is 13.0 Å². The van der Waals surface area contributed by atoms with Crippen molar-refractivity contribution in [1.29, 1.82) is 0 Å². The molecule has 6 nitrogen and oxygen atoms in total. The van der Waals surface area contributed by atoms with E-state index in [9.17, 15) is 14.7 Å². The number of likely N-dealkylation sites (tertiary alicyclic amines) is 1. The van der Waals surface area contributed by atoms with Crippen LogP contribution in [0.1, 0.15) is 39.0 Å².